The summed E-state index contributed by atoms with van der Waals surface area (Å²) in [4.78, 5) is 0. The molecule has 1 aliphatic heterocycles. The van der Waals surface area contributed by atoms with Crippen LogP contribution in [0.3, 0.4) is 0 Å². The summed E-state index contributed by atoms with van der Waals surface area (Å²) >= 11 is 0. The zero-order valence-corrected chi connectivity index (χ0v) is 7.92. The molecule has 3 nitrogen and oxygen atoms in total. The quantitative estimate of drug-likeness (QED) is 0.649. The lowest BCUT2D eigenvalue weighted by molar-refractivity contribution is 0.488. The van der Waals surface area contributed by atoms with Crippen molar-refractivity contribution in [3.05, 3.63) is 48.4 Å². The Hall–Kier alpha value is -2.16. The molecule has 2 aromatic rings. The summed E-state index contributed by atoms with van der Waals surface area (Å²) < 4.78 is 5.48. The van der Waals surface area contributed by atoms with Crippen LogP contribution in [0.25, 0.3) is 17.3 Å². The molecule has 3 rings (SSSR count). The highest BCUT2D eigenvalue weighted by Gasteiger charge is 2.12. The van der Waals surface area contributed by atoms with Crippen molar-refractivity contribution < 1.29 is 4.74 Å². The molecule has 0 fully saturated rings. The highest BCUT2D eigenvalue weighted by atomic mass is 16.5. The molecule has 0 radical (unpaired) electrons. The molecule has 3 heteroatoms. The van der Waals surface area contributed by atoms with Crippen molar-refractivity contribution in [3.63, 3.8) is 0 Å². The molecule has 1 aromatic heterocycles. The number of fused-ring (bicyclic) bond motifs is 3. The van der Waals surface area contributed by atoms with Crippen LogP contribution in [0.1, 0.15) is 5.56 Å². The zero-order chi connectivity index (χ0) is 10.1. The van der Waals surface area contributed by atoms with Crippen molar-refractivity contribution in [2.75, 3.05) is 0 Å². The minimum atomic E-state index is 0.813. The second kappa shape index (κ2) is 3.20. The van der Waals surface area contributed by atoms with Gasteiger partial charge in [0.05, 0.1) is 12.5 Å². The normalized spacial score (nSPS) is 12.3. The van der Waals surface area contributed by atoms with E-state index >= 15 is 0 Å². The second-order valence-electron chi connectivity index (χ2n) is 3.25. The standard InChI is InChI=1S/C12H8N2O/c1-2-4-11-10(3-1)12-9(6-8-15-11)5-7-13-14-12/h1-8H. The fourth-order valence-electron chi connectivity index (χ4n) is 1.63. The first kappa shape index (κ1) is 8.17. The van der Waals surface area contributed by atoms with E-state index in [0.717, 1.165) is 22.6 Å². The van der Waals surface area contributed by atoms with Gasteiger partial charge in [-0.25, -0.2) is 0 Å². The number of benzene rings is 1. The molecule has 0 atom stereocenters. The number of aromatic nitrogens is 2. The average molecular weight is 196 g/mol. The number of rotatable bonds is 0. The Kier molecular flexibility index (Phi) is 1.75. The third kappa shape index (κ3) is 1.29. The Balaban J connectivity index is 2.33. The van der Waals surface area contributed by atoms with E-state index in [4.69, 9.17) is 4.74 Å². The van der Waals surface area contributed by atoms with Crippen LogP contribution in [-0.4, -0.2) is 10.2 Å². The van der Waals surface area contributed by atoms with Gasteiger partial charge in [-0.2, -0.15) is 5.10 Å². The van der Waals surface area contributed by atoms with E-state index in [9.17, 15) is 0 Å². The summed E-state index contributed by atoms with van der Waals surface area (Å²) in [5.74, 6) is 0.813. The van der Waals surface area contributed by atoms with Crippen LogP contribution in [0.4, 0.5) is 0 Å². The lowest BCUT2D eigenvalue weighted by Gasteiger charge is -2.05. The van der Waals surface area contributed by atoms with Crippen LogP contribution < -0.4 is 4.74 Å². The van der Waals surface area contributed by atoms with Gasteiger partial charge < -0.3 is 4.74 Å². The largest absolute Gasteiger partial charge is 0.464 e. The van der Waals surface area contributed by atoms with Gasteiger partial charge in [-0.1, -0.05) is 12.1 Å². The minimum Gasteiger partial charge on any atom is -0.464 e. The molecule has 72 valence electrons. The van der Waals surface area contributed by atoms with E-state index in [1.807, 2.05) is 36.4 Å². The van der Waals surface area contributed by atoms with Crippen LogP contribution in [0.15, 0.2) is 42.8 Å². The van der Waals surface area contributed by atoms with Crippen LogP contribution >= 0.6 is 0 Å². The molecule has 0 saturated heterocycles. The molecule has 1 aliphatic rings. The summed E-state index contributed by atoms with van der Waals surface area (Å²) in [6.45, 7) is 0. The Labute approximate surface area is 87.0 Å². The topological polar surface area (TPSA) is 35.0 Å². The van der Waals surface area contributed by atoms with Gasteiger partial charge in [-0.05, 0) is 24.3 Å². The van der Waals surface area contributed by atoms with Crippen LogP contribution in [0.5, 0.6) is 5.75 Å². The number of nitrogens with zero attached hydrogens (tertiary/aromatic N) is 2. The van der Waals surface area contributed by atoms with Crippen LogP contribution in [0.2, 0.25) is 0 Å². The third-order valence-electron chi connectivity index (χ3n) is 2.34. The van der Waals surface area contributed by atoms with Gasteiger partial charge in [-0.15, -0.1) is 5.10 Å². The summed E-state index contributed by atoms with van der Waals surface area (Å²) in [5, 5.41) is 8.04. The molecule has 1 aromatic carbocycles. The Bertz CT molecular complexity index is 535. The van der Waals surface area contributed by atoms with E-state index < -0.39 is 0 Å². The lowest BCUT2D eigenvalue weighted by Crippen LogP contribution is -1.90. The minimum absolute atomic E-state index is 0.813. The average Bonchev–Trinajstić information content (AvgIpc) is 2.48. The molecule has 0 bridgehead atoms. The molecule has 0 spiro atoms. The van der Waals surface area contributed by atoms with Crippen molar-refractivity contribution in [2.45, 2.75) is 0 Å². The van der Waals surface area contributed by atoms with Gasteiger partial charge in [0.25, 0.3) is 0 Å². The van der Waals surface area contributed by atoms with Gasteiger partial charge in [0.1, 0.15) is 11.4 Å². The molecular formula is C12H8N2O. The maximum atomic E-state index is 5.48. The van der Waals surface area contributed by atoms with Gasteiger partial charge in [0, 0.05) is 11.1 Å². The third-order valence-corrected chi connectivity index (χ3v) is 2.34. The molecular weight excluding hydrogens is 188 g/mol. The van der Waals surface area contributed by atoms with E-state index in [1.54, 1.807) is 12.5 Å². The zero-order valence-electron chi connectivity index (χ0n) is 7.92. The van der Waals surface area contributed by atoms with Crippen molar-refractivity contribution in [3.8, 4) is 17.0 Å². The summed E-state index contributed by atoms with van der Waals surface area (Å²) in [7, 11) is 0. The number of para-hydroxylation sites is 1. The van der Waals surface area contributed by atoms with Crippen molar-refractivity contribution in [1.29, 1.82) is 0 Å². The first-order chi connectivity index (χ1) is 7.45. The highest BCUT2D eigenvalue weighted by Crippen LogP contribution is 2.32. The summed E-state index contributed by atoms with van der Waals surface area (Å²) in [6, 6.07) is 9.73. The molecule has 0 aliphatic carbocycles. The first-order valence-corrected chi connectivity index (χ1v) is 4.69. The summed E-state index contributed by atoms with van der Waals surface area (Å²) in [5.41, 5.74) is 2.86. The Morgan fingerprint density at radius 3 is 3.00 bits per heavy atom. The van der Waals surface area contributed by atoms with Crippen molar-refractivity contribution >= 4 is 6.08 Å². The van der Waals surface area contributed by atoms with E-state index in [0.29, 0.717) is 0 Å². The number of hydrogen-bond donors (Lipinski definition) is 0. The maximum Gasteiger partial charge on any atom is 0.135 e. The van der Waals surface area contributed by atoms with E-state index in [1.165, 1.54) is 0 Å². The van der Waals surface area contributed by atoms with Gasteiger partial charge >= 0.3 is 0 Å². The first-order valence-electron chi connectivity index (χ1n) is 4.69. The second-order valence-corrected chi connectivity index (χ2v) is 3.25. The van der Waals surface area contributed by atoms with Gasteiger partial charge in [0.15, 0.2) is 0 Å². The SMILES string of the molecule is C1=Cc2ccnnc2-c2ccccc2O1. The number of hydrogen-bond acceptors (Lipinski definition) is 3. The Morgan fingerprint density at radius 2 is 2.00 bits per heavy atom. The predicted molar refractivity (Wildman–Crippen MR) is 57.1 cm³/mol. The van der Waals surface area contributed by atoms with Gasteiger partial charge in [-0.3, -0.25) is 0 Å². The van der Waals surface area contributed by atoms with Crippen molar-refractivity contribution in [1.82, 2.24) is 10.2 Å². The lowest BCUT2D eigenvalue weighted by atomic mass is 10.1. The molecule has 0 unspecified atom stereocenters. The fourth-order valence-corrected chi connectivity index (χ4v) is 1.63. The maximum absolute atomic E-state index is 5.48. The van der Waals surface area contributed by atoms with E-state index in [-0.39, 0.29) is 0 Å². The predicted octanol–water partition coefficient (Wildman–Crippen LogP) is 2.51. The summed E-state index contributed by atoms with van der Waals surface area (Å²) in [6.07, 6.45) is 5.24. The van der Waals surface area contributed by atoms with Crippen LogP contribution in [0, 0.1) is 0 Å². The van der Waals surface area contributed by atoms with Crippen molar-refractivity contribution in [2.24, 2.45) is 0 Å². The monoisotopic (exact) mass is 196 g/mol. The smallest absolute Gasteiger partial charge is 0.135 e. The Morgan fingerprint density at radius 1 is 1.07 bits per heavy atom. The van der Waals surface area contributed by atoms with Gasteiger partial charge in [0.2, 0.25) is 0 Å². The highest BCUT2D eigenvalue weighted by molar-refractivity contribution is 5.77. The molecule has 15 heavy (non-hydrogen) atoms. The molecule has 0 amide bonds. The fraction of sp³-hybridized carbons (Fsp3) is 0. The molecule has 0 saturated carbocycles. The number of ether oxygens (including phenoxy) is 1. The van der Waals surface area contributed by atoms with Crippen LogP contribution in [-0.2, 0) is 0 Å². The molecule has 0 N–H and O–H groups in total. The van der Waals surface area contributed by atoms with E-state index in [2.05, 4.69) is 10.2 Å². The molecule has 2 heterocycles.